The Balaban J connectivity index is 2.46. The van der Waals surface area contributed by atoms with Gasteiger partial charge in [-0.25, -0.2) is 0 Å². The summed E-state index contributed by atoms with van der Waals surface area (Å²) in [7, 11) is 3.78. The molecule has 0 aromatic carbocycles. The molecule has 0 aliphatic heterocycles. The number of aldehydes is 1. The summed E-state index contributed by atoms with van der Waals surface area (Å²) >= 11 is 0. The van der Waals surface area contributed by atoms with Gasteiger partial charge >= 0.3 is 0 Å². The van der Waals surface area contributed by atoms with Crippen molar-refractivity contribution >= 4 is 6.29 Å². The van der Waals surface area contributed by atoms with Gasteiger partial charge in [-0.1, -0.05) is 0 Å². The van der Waals surface area contributed by atoms with E-state index in [4.69, 9.17) is 0 Å². The molecule has 1 aromatic rings. The minimum atomic E-state index is 0.467. The van der Waals surface area contributed by atoms with Crippen LogP contribution in [-0.4, -0.2) is 34.6 Å². The highest BCUT2D eigenvalue weighted by Crippen LogP contribution is 1.99. The summed E-state index contributed by atoms with van der Waals surface area (Å²) in [5, 5.41) is 4.03. The number of rotatable bonds is 4. The van der Waals surface area contributed by atoms with Crippen LogP contribution in [0.5, 0.6) is 0 Å². The van der Waals surface area contributed by atoms with Gasteiger partial charge in [-0.05, 0) is 7.05 Å². The summed E-state index contributed by atoms with van der Waals surface area (Å²) in [6.45, 7) is 1.24. The third-order valence-electron chi connectivity index (χ3n) is 1.60. The molecule has 1 rings (SSSR count). The third-order valence-corrected chi connectivity index (χ3v) is 1.60. The average molecular weight is 167 g/mol. The first-order chi connectivity index (χ1) is 5.72. The monoisotopic (exact) mass is 167 g/mol. The van der Waals surface area contributed by atoms with Crippen molar-refractivity contribution < 1.29 is 4.79 Å². The van der Waals surface area contributed by atoms with Crippen LogP contribution in [-0.2, 0) is 18.4 Å². The minimum Gasteiger partial charge on any atom is -0.302 e. The quantitative estimate of drug-likeness (QED) is 0.595. The molecule has 1 aromatic heterocycles. The molecule has 0 N–H and O–H groups in total. The molecule has 1 heterocycles. The molecule has 0 aliphatic rings. The van der Waals surface area contributed by atoms with Crippen molar-refractivity contribution in [1.82, 2.24) is 14.7 Å². The molecular weight excluding hydrogens is 154 g/mol. The first-order valence-corrected chi connectivity index (χ1v) is 3.82. The number of carbonyl (C=O) groups is 1. The molecule has 0 aliphatic carbocycles. The SMILES string of the molecule is CN(CC=O)Cc1cnn(C)c1. The number of hydrogen-bond acceptors (Lipinski definition) is 3. The van der Waals surface area contributed by atoms with Crippen LogP contribution in [0, 0.1) is 0 Å². The van der Waals surface area contributed by atoms with Crippen LogP contribution >= 0.6 is 0 Å². The van der Waals surface area contributed by atoms with Gasteiger partial charge < -0.3 is 4.79 Å². The summed E-state index contributed by atoms with van der Waals surface area (Å²) in [4.78, 5) is 12.1. The van der Waals surface area contributed by atoms with Crippen LogP contribution in [0.25, 0.3) is 0 Å². The molecule has 0 saturated heterocycles. The zero-order chi connectivity index (χ0) is 8.97. The van der Waals surface area contributed by atoms with Gasteiger partial charge in [-0.3, -0.25) is 9.58 Å². The van der Waals surface area contributed by atoms with E-state index in [0.717, 1.165) is 18.4 Å². The van der Waals surface area contributed by atoms with E-state index in [9.17, 15) is 4.79 Å². The third kappa shape index (κ3) is 2.47. The van der Waals surface area contributed by atoms with Crippen molar-refractivity contribution in [3.63, 3.8) is 0 Å². The molecule has 0 unspecified atom stereocenters. The second kappa shape index (κ2) is 4.01. The van der Waals surface area contributed by atoms with E-state index in [1.807, 2.05) is 25.2 Å². The van der Waals surface area contributed by atoms with Crippen molar-refractivity contribution in [3.05, 3.63) is 18.0 Å². The summed E-state index contributed by atoms with van der Waals surface area (Å²) in [5.41, 5.74) is 1.13. The molecule has 0 spiro atoms. The van der Waals surface area contributed by atoms with Crippen molar-refractivity contribution in [1.29, 1.82) is 0 Å². The van der Waals surface area contributed by atoms with Crippen molar-refractivity contribution in [3.8, 4) is 0 Å². The van der Waals surface area contributed by atoms with Crippen molar-refractivity contribution in [2.45, 2.75) is 6.54 Å². The molecule has 0 bridgehead atoms. The molecule has 0 radical (unpaired) electrons. The molecule has 66 valence electrons. The maximum atomic E-state index is 10.1. The predicted molar refractivity (Wildman–Crippen MR) is 45.6 cm³/mol. The van der Waals surface area contributed by atoms with Crippen LogP contribution in [0.1, 0.15) is 5.56 Å². The minimum absolute atomic E-state index is 0.467. The molecule has 0 fully saturated rings. The summed E-state index contributed by atoms with van der Waals surface area (Å²) in [6, 6.07) is 0. The molecule has 0 atom stereocenters. The Morgan fingerprint density at radius 1 is 1.75 bits per heavy atom. The summed E-state index contributed by atoms with van der Waals surface area (Å²) in [6.07, 6.45) is 4.65. The van der Waals surface area contributed by atoms with Gasteiger partial charge in [0, 0.05) is 25.4 Å². The van der Waals surface area contributed by atoms with Crippen LogP contribution < -0.4 is 0 Å². The fraction of sp³-hybridized carbons (Fsp3) is 0.500. The molecular formula is C8H13N3O. The molecule has 4 nitrogen and oxygen atoms in total. The zero-order valence-corrected chi connectivity index (χ0v) is 7.40. The summed E-state index contributed by atoms with van der Waals surface area (Å²) in [5.74, 6) is 0. The van der Waals surface area contributed by atoms with Crippen LogP contribution in [0.4, 0.5) is 0 Å². The fourth-order valence-corrected chi connectivity index (χ4v) is 1.06. The lowest BCUT2D eigenvalue weighted by molar-refractivity contribution is -0.108. The Labute approximate surface area is 71.8 Å². The van der Waals surface area contributed by atoms with Crippen molar-refractivity contribution in [2.75, 3.05) is 13.6 Å². The topological polar surface area (TPSA) is 38.1 Å². The lowest BCUT2D eigenvalue weighted by Gasteiger charge is -2.10. The smallest absolute Gasteiger partial charge is 0.133 e. The van der Waals surface area contributed by atoms with E-state index in [1.165, 1.54) is 0 Å². The normalized spacial score (nSPS) is 10.6. The maximum Gasteiger partial charge on any atom is 0.133 e. The Hall–Kier alpha value is -1.16. The number of aryl methyl sites for hydroxylation is 1. The van der Waals surface area contributed by atoms with Crippen LogP contribution in [0.3, 0.4) is 0 Å². The van der Waals surface area contributed by atoms with Gasteiger partial charge in [0.1, 0.15) is 6.29 Å². The molecule has 4 heteroatoms. The first-order valence-electron chi connectivity index (χ1n) is 3.82. The number of nitrogens with zero attached hydrogens (tertiary/aromatic N) is 3. The largest absolute Gasteiger partial charge is 0.302 e. The number of carbonyl (C=O) groups excluding carboxylic acids is 1. The van der Waals surface area contributed by atoms with Crippen molar-refractivity contribution in [2.24, 2.45) is 7.05 Å². The number of hydrogen-bond donors (Lipinski definition) is 0. The van der Waals surface area contributed by atoms with Gasteiger partial charge in [-0.15, -0.1) is 0 Å². The zero-order valence-electron chi connectivity index (χ0n) is 7.40. The van der Waals surface area contributed by atoms with Crippen LogP contribution in [0.2, 0.25) is 0 Å². The van der Waals surface area contributed by atoms with Gasteiger partial charge in [0.25, 0.3) is 0 Å². The Kier molecular flexibility index (Phi) is 2.99. The predicted octanol–water partition coefficient (Wildman–Crippen LogP) is 0.0508. The van der Waals surface area contributed by atoms with Gasteiger partial charge in [0.15, 0.2) is 0 Å². The lowest BCUT2D eigenvalue weighted by atomic mass is 10.3. The standard InChI is InChI=1S/C8H13N3O/c1-10(3-4-12)6-8-5-9-11(2)7-8/h4-5,7H,3,6H2,1-2H3. The second-order valence-corrected chi connectivity index (χ2v) is 2.89. The van der Waals surface area contributed by atoms with E-state index < -0.39 is 0 Å². The second-order valence-electron chi connectivity index (χ2n) is 2.89. The fourth-order valence-electron chi connectivity index (χ4n) is 1.06. The summed E-state index contributed by atoms with van der Waals surface area (Å²) < 4.78 is 1.75. The molecule has 12 heavy (non-hydrogen) atoms. The van der Waals surface area contributed by atoms with E-state index >= 15 is 0 Å². The first kappa shape index (κ1) is 8.93. The highest BCUT2D eigenvalue weighted by Gasteiger charge is 2.00. The van der Waals surface area contributed by atoms with Gasteiger partial charge in [0.05, 0.1) is 12.7 Å². The number of likely N-dealkylation sites (N-methyl/N-ethyl adjacent to an activating group) is 1. The van der Waals surface area contributed by atoms with E-state index in [0.29, 0.717) is 6.54 Å². The number of aromatic nitrogens is 2. The molecule has 0 saturated carbocycles. The Bertz CT molecular complexity index is 257. The average Bonchev–Trinajstić information content (AvgIpc) is 2.36. The Morgan fingerprint density at radius 2 is 2.50 bits per heavy atom. The van der Waals surface area contributed by atoms with E-state index in [-0.39, 0.29) is 0 Å². The van der Waals surface area contributed by atoms with Gasteiger partial charge in [0.2, 0.25) is 0 Å². The maximum absolute atomic E-state index is 10.1. The highest BCUT2D eigenvalue weighted by molar-refractivity contribution is 5.51. The Morgan fingerprint density at radius 3 is 3.00 bits per heavy atom. The van der Waals surface area contributed by atoms with Gasteiger partial charge in [-0.2, -0.15) is 5.10 Å². The lowest BCUT2D eigenvalue weighted by Crippen LogP contribution is -2.19. The molecule has 0 amide bonds. The highest BCUT2D eigenvalue weighted by atomic mass is 16.1. The van der Waals surface area contributed by atoms with E-state index in [1.54, 1.807) is 10.9 Å². The van der Waals surface area contributed by atoms with Crippen LogP contribution in [0.15, 0.2) is 12.4 Å². The van der Waals surface area contributed by atoms with E-state index in [2.05, 4.69) is 5.10 Å².